The first-order valence-electron chi connectivity index (χ1n) is 5.58. The zero-order valence-corrected chi connectivity index (χ0v) is 9.90. The van der Waals surface area contributed by atoms with E-state index in [9.17, 15) is 4.79 Å². The van der Waals surface area contributed by atoms with Gasteiger partial charge in [-0.2, -0.15) is 4.99 Å². The van der Waals surface area contributed by atoms with E-state index >= 15 is 0 Å². The lowest BCUT2D eigenvalue weighted by Gasteiger charge is -2.29. The number of carbonyl (C=O) groups is 1. The number of aliphatic imine (C=N–C) groups is 1. The Hall–Kier alpha value is -2.04. The summed E-state index contributed by atoms with van der Waals surface area (Å²) in [6.45, 7) is 1.07. The third-order valence-electron chi connectivity index (χ3n) is 3.09. The van der Waals surface area contributed by atoms with E-state index in [-0.39, 0.29) is 5.91 Å². The second-order valence-corrected chi connectivity index (χ2v) is 4.48. The van der Waals surface area contributed by atoms with Gasteiger partial charge in [0.15, 0.2) is 0 Å². The van der Waals surface area contributed by atoms with Gasteiger partial charge in [0.2, 0.25) is 5.96 Å². The molecule has 0 radical (unpaired) electrons. The van der Waals surface area contributed by atoms with Gasteiger partial charge in [-0.1, -0.05) is 0 Å². The second-order valence-electron chi connectivity index (χ2n) is 4.48. The van der Waals surface area contributed by atoms with E-state index in [0.29, 0.717) is 12.5 Å². The number of guanidine groups is 1. The molecule has 2 aliphatic heterocycles. The van der Waals surface area contributed by atoms with Crippen LogP contribution >= 0.6 is 0 Å². The number of nitrogens with zero attached hydrogens (tertiary/aromatic N) is 3. The van der Waals surface area contributed by atoms with Crippen LogP contribution in [0.15, 0.2) is 23.2 Å². The standard InChI is InChI=1S/C12H14N4O/c1-15(2)9-3-4-10-8(5-9)6-13-12-14-11(17)7-16(10)12/h3-5H,6-7H2,1-2H3,(H,13,14,17). The lowest BCUT2D eigenvalue weighted by molar-refractivity contribution is -0.115. The Morgan fingerprint density at radius 3 is 3.00 bits per heavy atom. The molecule has 1 aromatic rings. The number of benzene rings is 1. The smallest absolute Gasteiger partial charge is 0.268 e. The molecule has 0 saturated carbocycles. The molecule has 1 N–H and O–H groups in total. The molecule has 5 nitrogen and oxygen atoms in total. The first-order chi connectivity index (χ1) is 8.15. The normalized spacial score (nSPS) is 17.2. The van der Waals surface area contributed by atoms with Gasteiger partial charge in [0, 0.05) is 32.0 Å². The Balaban J connectivity index is 2.03. The molecule has 0 unspecified atom stereocenters. The van der Waals surface area contributed by atoms with Crippen molar-refractivity contribution >= 4 is 23.2 Å². The maximum absolute atomic E-state index is 11.3. The number of nitrogens with one attached hydrogen (secondary N) is 1. The minimum absolute atomic E-state index is 0.0861. The number of rotatable bonds is 1. The predicted molar refractivity (Wildman–Crippen MR) is 67.4 cm³/mol. The van der Waals surface area contributed by atoms with Gasteiger partial charge in [-0.3, -0.25) is 4.79 Å². The number of anilines is 2. The number of hydrogen-bond donors (Lipinski definition) is 1. The molecule has 17 heavy (non-hydrogen) atoms. The Morgan fingerprint density at radius 1 is 1.41 bits per heavy atom. The van der Waals surface area contributed by atoms with Crippen LogP contribution in [0.4, 0.5) is 11.4 Å². The summed E-state index contributed by atoms with van der Waals surface area (Å²) >= 11 is 0. The molecule has 0 atom stereocenters. The second kappa shape index (κ2) is 3.48. The molecule has 2 aliphatic rings. The van der Waals surface area contributed by atoms with Gasteiger partial charge in [0.25, 0.3) is 5.91 Å². The van der Waals surface area contributed by atoms with Crippen LogP contribution in [0.2, 0.25) is 0 Å². The average Bonchev–Trinajstić information content (AvgIpc) is 2.69. The Kier molecular flexibility index (Phi) is 2.07. The summed E-state index contributed by atoms with van der Waals surface area (Å²) < 4.78 is 0. The van der Waals surface area contributed by atoms with Gasteiger partial charge in [-0.15, -0.1) is 0 Å². The lowest BCUT2D eigenvalue weighted by atomic mass is 10.1. The van der Waals surface area contributed by atoms with Crippen molar-refractivity contribution in [1.82, 2.24) is 5.32 Å². The van der Waals surface area contributed by atoms with Crippen molar-refractivity contribution in [1.29, 1.82) is 0 Å². The molecule has 1 aromatic carbocycles. The van der Waals surface area contributed by atoms with E-state index in [2.05, 4.69) is 33.4 Å². The van der Waals surface area contributed by atoms with Crippen molar-refractivity contribution in [2.75, 3.05) is 30.4 Å². The van der Waals surface area contributed by atoms with Gasteiger partial charge < -0.3 is 15.1 Å². The minimum Gasteiger partial charge on any atom is -0.378 e. The van der Waals surface area contributed by atoms with Crippen LogP contribution in [0.25, 0.3) is 0 Å². The average molecular weight is 230 g/mol. The molecule has 0 spiro atoms. The topological polar surface area (TPSA) is 47.9 Å². The van der Waals surface area contributed by atoms with Crippen LogP contribution < -0.4 is 15.1 Å². The van der Waals surface area contributed by atoms with Gasteiger partial charge in [0.05, 0.1) is 0 Å². The Morgan fingerprint density at radius 2 is 2.24 bits per heavy atom. The SMILES string of the molecule is CN(C)c1ccc2c(c1)CNC1=NC(=O)CN12. The molecule has 3 rings (SSSR count). The van der Waals surface area contributed by atoms with Crippen molar-refractivity contribution in [2.24, 2.45) is 4.99 Å². The summed E-state index contributed by atoms with van der Waals surface area (Å²) in [6, 6.07) is 6.26. The fourth-order valence-electron chi connectivity index (χ4n) is 2.19. The molecule has 0 saturated heterocycles. The predicted octanol–water partition coefficient (Wildman–Crippen LogP) is 0.558. The van der Waals surface area contributed by atoms with Crippen LogP contribution in [0.3, 0.4) is 0 Å². The van der Waals surface area contributed by atoms with Crippen molar-refractivity contribution in [3.63, 3.8) is 0 Å². The number of fused-ring (bicyclic) bond motifs is 3. The molecule has 0 fully saturated rings. The van der Waals surface area contributed by atoms with E-state index in [1.165, 1.54) is 5.56 Å². The van der Waals surface area contributed by atoms with Crippen LogP contribution in [-0.2, 0) is 11.3 Å². The number of amides is 1. The van der Waals surface area contributed by atoms with Gasteiger partial charge in [-0.25, -0.2) is 0 Å². The molecule has 88 valence electrons. The molecule has 5 heteroatoms. The minimum atomic E-state index is -0.0861. The third-order valence-corrected chi connectivity index (χ3v) is 3.09. The Bertz CT molecular complexity index is 521. The van der Waals surface area contributed by atoms with Gasteiger partial charge >= 0.3 is 0 Å². The van der Waals surface area contributed by atoms with E-state index in [1.807, 2.05) is 19.0 Å². The van der Waals surface area contributed by atoms with E-state index < -0.39 is 0 Å². The van der Waals surface area contributed by atoms with Crippen LogP contribution in [-0.4, -0.2) is 32.5 Å². The molecule has 2 heterocycles. The Labute approximate surface area is 99.7 Å². The van der Waals surface area contributed by atoms with Crippen molar-refractivity contribution in [3.8, 4) is 0 Å². The lowest BCUT2D eigenvalue weighted by Crippen LogP contribution is -2.42. The molecule has 0 bridgehead atoms. The fraction of sp³-hybridized carbons (Fsp3) is 0.333. The first-order valence-corrected chi connectivity index (χ1v) is 5.58. The van der Waals surface area contributed by atoms with Crippen LogP contribution in [0, 0.1) is 0 Å². The summed E-state index contributed by atoms with van der Waals surface area (Å²) in [5, 5.41) is 3.17. The van der Waals surface area contributed by atoms with E-state index in [1.54, 1.807) is 0 Å². The fourth-order valence-corrected chi connectivity index (χ4v) is 2.19. The van der Waals surface area contributed by atoms with E-state index in [4.69, 9.17) is 0 Å². The highest BCUT2D eigenvalue weighted by Crippen LogP contribution is 2.29. The van der Waals surface area contributed by atoms with Gasteiger partial charge in [-0.05, 0) is 23.8 Å². The maximum Gasteiger partial charge on any atom is 0.268 e. The summed E-state index contributed by atoms with van der Waals surface area (Å²) in [7, 11) is 4.04. The highest BCUT2D eigenvalue weighted by atomic mass is 16.2. The highest BCUT2D eigenvalue weighted by Gasteiger charge is 2.29. The molecular weight excluding hydrogens is 216 g/mol. The van der Waals surface area contributed by atoms with Crippen LogP contribution in [0.1, 0.15) is 5.56 Å². The number of hydrogen-bond acceptors (Lipinski definition) is 4. The summed E-state index contributed by atoms with van der Waals surface area (Å²) in [4.78, 5) is 19.3. The third kappa shape index (κ3) is 1.54. The molecule has 0 aromatic heterocycles. The monoisotopic (exact) mass is 230 g/mol. The van der Waals surface area contributed by atoms with Crippen molar-refractivity contribution in [2.45, 2.75) is 6.54 Å². The first kappa shape index (κ1) is 10.1. The molecule has 1 amide bonds. The zero-order chi connectivity index (χ0) is 12.0. The van der Waals surface area contributed by atoms with Gasteiger partial charge in [0.1, 0.15) is 6.54 Å². The van der Waals surface area contributed by atoms with Crippen molar-refractivity contribution < 1.29 is 4.79 Å². The number of carbonyl (C=O) groups excluding carboxylic acids is 1. The molecule has 0 aliphatic carbocycles. The summed E-state index contributed by atoms with van der Waals surface area (Å²) in [6.07, 6.45) is 0. The molecular formula is C12H14N4O. The maximum atomic E-state index is 11.3. The largest absolute Gasteiger partial charge is 0.378 e. The quantitative estimate of drug-likeness (QED) is 0.765. The summed E-state index contributed by atoms with van der Waals surface area (Å²) in [5.74, 6) is 0.595. The van der Waals surface area contributed by atoms with Crippen molar-refractivity contribution in [3.05, 3.63) is 23.8 Å². The highest BCUT2D eigenvalue weighted by molar-refractivity contribution is 6.12. The van der Waals surface area contributed by atoms with Crippen LogP contribution in [0.5, 0.6) is 0 Å². The summed E-state index contributed by atoms with van der Waals surface area (Å²) in [5.41, 5.74) is 3.44. The van der Waals surface area contributed by atoms with E-state index in [0.717, 1.165) is 17.9 Å². The zero-order valence-electron chi connectivity index (χ0n) is 9.90.